The fourth-order valence-electron chi connectivity index (χ4n) is 2.10. The third-order valence-electron chi connectivity index (χ3n) is 3.27. The lowest BCUT2D eigenvalue weighted by Crippen LogP contribution is -2.22. The topological polar surface area (TPSA) is 111 Å². The quantitative estimate of drug-likeness (QED) is 0.401. The van der Waals surface area contributed by atoms with Crippen LogP contribution in [0.3, 0.4) is 0 Å². The second-order valence-electron chi connectivity index (χ2n) is 5.12. The maximum atomic E-state index is 12.0. The molecule has 0 radical (unpaired) electrons. The van der Waals surface area contributed by atoms with Crippen LogP contribution in [0.25, 0.3) is 0 Å². The number of nitrogens with one attached hydrogen (secondary N) is 2. The van der Waals surface area contributed by atoms with E-state index in [9.17, 15) is 19.7 Å². The number of ether oxygens (including phenoxy) is 1. The Morgan fingerprint density at radius 1 is 1.15 bits per heavy atom. The molecule has 9 heteroatoms. The highest BCUT2D eigenvalue weighted by Crippen LogP contribution is 2.23. The number of hydrogen-bond acceptors (Lipinski definition) is 6. The van der Waals surface area contributed by atoms with Crippen molar-refractivity contribution in [3.05, 3.63) is 62.6 Å². The lowest BCUT2D eigenvalue weighted by molar-refractivity contribution is -0.385. The maximum Gasteiger partial charge on any atom is 0.345 e. The molecule has 2 N–H and O–H groups in total. The zero-order chi connectivity index (χ0) is 19.1. The Kier molecular flexibility index (Phi) is 6.67. The highest BCUT2D eigenvalue weighted by Gasteiger charge is 2.21. The molecule has 2 rings (SSSR count). The number of carbonyl (C=O) groups is 2. The minimum atomic E-state index is -0.790. The number of nitro benzene ring substituents is 1. The summed E-state index contributed by atoms with van der Waals surface area (Å²) in [6, 6.07) is 11.0. The molecule has 0 saturated carbocycles. The average Bonchev–Trinajstić information content (AvgIpc) is 2.62. The van der Waals surface area contributed by atoms with E-state index in [0.29, 0.717) is 11.4 Å². The van der Waals surface area contributed by atoms with Crippen LogP contribution in [-0.2, 0) is 9.53 Å². The lowest BCUT2D eigenvalue weighted by Gasteiger charge is -2.09. The van der Waals surface area contributed by atoms with Crippen LogP contribution in [0.4, 0.5) is 17.1 Å². The first-order valence-corrected chi connectivity index (χ1v) is 8.45. The second-order valence-corrected chi connectivity index (χ2v) is 6.03. The number of rotatable bonds is 7. The summed E-state index contributed by atoms with van der Waals surface area (Å²) in [5.74, 6) is -1.09. The van der Waals surface area contributed by atoms with Crippen molar-refractivity contribution in [3.63, 3.8) is 0 Å². The van der Waals surface area contributed by atoms with Gasteiger partial charge < -0.3 is 15.4 Å². The van der Waals surface area contributed by atoms with Crippen LogP contribution in [-0.4, -0.2) is 30.0 Å². The van der Waals surface area contributed by atoms with Gasteiger partial charge in [-0.25, -0.2) is 4.79 Å². The van der Waals surface area contributed by atoms with E-state index in [0.717, 1.165) is 4.47 Å². The normalized spacial score (nSPS) is 10.1. The fraction of sp³-hybridized carbons (Fsp3) is 0.176. The highest BCUT2D eigenvalue weighted by molar-refractivity contribution is 9.10. The summed E-state index contributed by atoms with van der Waals surface area (Å²) in [5, 5.41) is 16.6. The number of esters is 1. The molecule has 0 bridgehead atoms. The summed E-state index contributed by atoms with van der Waals surface area (Å²) in [4.78, 5) is 34.3. The van der Waals surface area contributed by atoms with Crippen LogP contribution in [0.15, 0.2) is 46.9 Å². The van der Waals surface area contributed by atoms with Crippen LogP contribution < -0.4 is 10.6 Å². The number of halogens is 1. The van der Waals surface area contributed by atoms with Crippen molar-refractivity contribution < 1.29 is 19.2 Å². The minimum absolute atomic E-state index is 0.0733. The second kappa shape index (κ2) is 8.95. The molecule has 2 aromatic rings. The molecule has 2 aromatic carbocycles. The Hall–Kier alpha value is -2.94. The third-order valence-corrected chi connectivity index (χ3v) is 3.80. The van der Waals surface area contributed by atoms with Gasteiger partial charge >= 0.3 is 5.97 Å². The first-order valence-electron chi connectivity index (χ1n) is 7.65. The van der Waals surface area contributed by atoms with Gasteiger partial charge in [-0.2, -0.15) is 0 Å². The van der Waals surface area contributed by atoms with E-state index in [2.05, 4.69) is 26.6 Å². The fourth-order valence-corrected chi connectivity index (χ4v) is 2.36. The zero-order valence-electron chi connectivity index (χ0n) is 13.8. The Morgan fingerprint density at radius 2 is 1.81 bits per heavy atom. The predicted octanol–water partition coefficient (Wildman–Crippen LogP) is 3.58. The molecular weight excluding hydrogens is 406 g/mol. The molecule has 0 aliphatic carbocycles. The minimum Gasteiger partial charge on any atom is -0.462 e. The average molecular weight is 422 g/mol. The molecule has 0 saturated heterocycles. The van der Waals surface area contributed by atoms with Crippen LogP contribution in [0, 0.1) is 10.1 Å². The van der Waals surface area contributed by atoms with E-state index in [-0.39, 0.29) is 30.3 Å². The smallest absolute Gasteiger partial charge is 0.345 e. The van der Waals surface area contributed by atoms with Gasteiger partial charge in [0.25, 0.3) is 5.69 Å². The van der Waals surface area contributed by atoms with Gasteiger partial charge in [-0.3, -0.25) is 14.9 Å². The molecule has 0 spiro atoms. The van der Waals surface area contributed by atoms with Crippen LogP contribution in [0.1, 0.15) is 17.3 Å². The first kappa shape index (κ1) is 19.4. The third kappa shape index (κ3) is 5.28. The summed E-state index contributed by atoms with van der Waals surface area (Å²) in [6.07, 6.45) is 0. The van der Waals surface area contributed by atoms with Gasteiger partial charge in [0, 0.05) is 21.9 Å². The molecule has 0 unspecified atom stereocenters. The van der Waals surface area contributed by atoms with Crippen LogP contribution in [0.5, 0.6) is 0 Å². The van der Waals surface area contributed by atoms with E-state index >= 15 is 0 Å². The molecule has 136 valence electrons. The van der Waals surface area contributed by atoms with E-state index in [1.54, 1.807) is 31.2 Å². The van der Waals surface area contributed by atoms with Gasteiger partial charge in [0.1, 0.15) is 5.56 Å². The molecule has 8 nitrogen and oxygen atoms in total. The SMILES string of the molecule is CCOC(=O)c1cc(NCC(=O)Nc2ccc(Br)cc2)ccc1[N+](=O)[O-]. The van der Waals surface area contributed by atoms with Gasteiger partial charge in [0.15, 0.2) is 0 Å². The summed E-state index contributed by atoms with van der Waals surface area (Å²) in [5.41, 5.74) is 0.504. The van der Waals surface area contributed by atoms with Crippen molar-refractivity contribution in [1.29, 1.82) is 0 Å². The molecule has 0 heterocycles. The summed E-state index contributed by atoms with van der Waals surface area (Å²) in [6.45, 7) is 1.64. The molecule has 0 fully saturated rings. The predicted molar refractivity (Wildman–Crippen MR) is 100 cm³/mol. The van der Waals surface area contributed by atoms with E-state index in [4.69, 9.17) is 4.74 Å². The molecule has 0 aliphatic rings. The molecule has 1 amide bonds. The van der Waals surface area contributed by atoms with E-state index in [1.165, 1.54) is 18.2 Å². The Bertz CT molecular complexity index is 824. The Labute approximate surface area is 157 Å². The highest BCUT2D eigenvalue weighted by atomic mass is 79.9. The lowest BCUT2D eigenvalue weighted by atomic mass is 10.1. The number of amides is 1. The van der Waals surface area contributed by atoms with Crippen LogP contribution in [0.2, 0.25) is 0 Å². The Balaban J connectivity index is 2.05. The van der Waals surface area contributed by atoms with Crippen molar-refractivity contribution in [3.8, 4) is 0 Å². The first-order chi connectivity index (χ1) is 12.4. The van der Waals surface area contributed by atoms with E-state index < -0.39 is 10.9 Å². The maximum absolute atomic E-state index is 12.0. The van der Waals surface area contributed by atoms with Gasteiger partial charge in [-0.05, 0) is 43.3 Å². The number of hydrogen-bond donors (Lipinski definition) is 2. The summed E-state index contributed by atoms with van der Waals surface area (Å²) in [7, 11) is 0. The van der Waals surface area contributed by atoms with Crippen molar-refractivity contribution in [1.82, 2.24) is 0 Å². The van der Waals surface area contributed by atoms with Gasteiger partial charge in [-0.1, -0.05) is 15.9 Å². The summed E-state index contributed by atoms with van der Waals surface area (Å²) < 4.78 is 5.73. The number of nitro groups is 1. The van der Waals surface area contributed by atoms with Gasteiger partial charge in [-0.15, -0.1) is 0 Å². The molecular formula is C17H16BrN3O5. The zero-order valence-corrected chi connectivity index (χ0v) is 15.4. The number of nitrogens with zero attached hydrogens (tertiary/aromatic N) is 1. The van der Waals surface area contributed by atoms with Gasteiger partial charge in [0.05, 0.1) is 18.1 Å². The molecule has 26 heavy (non-hydrogen) atoms. The van der Waals surface area contributed by atoms with Crippen LogP contribution >= 0.6 is 15.9 Å². The molecule has 0 atom stereocenters. The van der Waals surface area contributed by atoms with Crippen molar-refractivity contribution in [2.24, 2.45) is 0 Å². The monoisotopic (exact) mass is 421 g/mol. The van der Waals surface area contributed by atoms with Crippen molar-refractivity contribution in [2.45, 2.75) is 6.92 Å². The largest absolute Gasteiger partial charge is 0.462 e. The standard InChI is InChI=1S/C17H16BrN3O5/c1-2-26-17(23)14-9-13(7-8-15(14)21(24)25)19-10-16(22)20-12-5-3-11(18)4-6-12/h3-9,19H,2,10H2,1H3,(H,20,22). The van der Waals surface area contributed by atoms with Crippen molar-refractivity contribution in [2.75, 3.05) is 23.8 Å². The van der Waals surface area contributed by atoms with Crippen molar-refractivity contribution >= 4 is 44.9 Å². The number of benzene rings is 2. The summed E-state index contributed by atoms with van der Waals surface area (Å²) >= 11 is 3.31. The Morgan fingerprint density at radius 3 is 2.42 bits per heavy atom. The number of anilines is 2. The molecule has 0 aliphatic heterocycles. The van der Waals surface area contributed by atoms with Gasteiger partial charge in [0.2, 0.25) is 5.91 Å². The molecule has 0 aromatic heterocycles. The van der Waals surface area contributed by atoms with E-state index in [1.807, 2.05) is 0 Å². The number of carbonyl (C=O) groups excluding carboxylic acids is 2.